The van der Waals surface area contributed by atoms with E-state index in [-0.39, 0.29) is 11.2 Å². The Kier molecular flexibility index (Phi) is 7.00. The van der Waals surface area contributed by atoms with E-state index < -0.39 is 0 Å². The van der Waals surface area contributed by atoms with Crippen molar-refractivity contribution in [3.8, 4) is 0 Å². The SMILES string of the molecule is C[C@H](Sc1ccc(Cl)cc1)C(=O)NCc1ccccc1CN1CCCC1. The van der Waals surface area contributed by atoms with Crippen LogP contribution in [0.25, 0.3) is 0 Å². The van der Waals surface area contributed by atoms with E-state index in [2.05, 4.69) is 28.4 Å². The van der Waals surface area contributed by atoms with Crippen molar-refractivity contribution in [3.63, 3.8) is 0 Å². The summed E-state index contributed by atoms with van der Waals surface area (Å²) in [7, 11) is 0. The lowest BCUT2D eigenvalue weighted by Crippen LogP contribution is -2.31. The molecule has 0 aromatic heterocycles. The Bertz CT molecular complexity index is 729. The first kappa shape index (κ1) is 19.3. The van der Waals surface area contributed by atoms with Crippen molar-refractivity contribution in [1.82, 2.24) is 10.2 Å². The number of nitrogens with zero attached hydrogens (tertiary/aromatic N) is 1. The van der Waals surface area contributed by atoms with Crippen molar-refractivity contribution in [2.75, 3.05) is 13.1 Å². The molecule has 0 spiro atoms. The molecule has 2 aromatic rings. The van der Waals surface area contributed by atoms with Crippen LogP contribution in [0.2, 0.25) is 5.02 Å². The van der Waals surface area contributed by atoms with E-state index in [0.29, 0.717) is 11.6 Å². The quantitative estimate of drug-likeness (QED) is 0.695. The minimum Gasteiger partial charge on any atom is -0.351 e. The van der Waals surface area contributed by atoms with Gasteiger partial charge in [0.15, 0.2) is 0 Å². The maximum absolute atomic E-state index is 12.5. The Morgan fingerprint density at radius 3 is 2.46 bits per heavy atom. The number of benzene rings is 2. The van der Waals surface area contributed by atoms with Gasteiger partial charge in [-0.05, 0) is 68.2 Å². The predicted octanol–water partition coefficient (Wildman–Crippen LogP) is 4.73. The van der Waals surface area contributed by atoms with Gasteiger partial charge in [0.05, 0.1) is 5.25 Å². The number of carbonyl (C=O) groups is 1. The van der Waals surface area contributed by atoms with E-state index in [9.17, 15) is 4.79 Å². The lowest BCUT2D eigenvalue weighted by atomic mass is 10.1. The van der Waals surface area contributed by atoms with Crippen LogP contribution in [0.15, 0.2) is 53.4 Å². The van der Waals surface area contributed by atoms with Crippen LogP contribution in [-0.4, -0.2) is 29.1 Å². The number of rotatable bonds is 7. The second-order valence-electron chi connectivity index (χ2n) is 6.68. The molecule has 1 aliphatic rings. The summed E-state index contributed by atoms with van der Waals surface area (Å²) in [6.07, 6.45) is 2.58. The van der Waals surface area contributed by atoms with Gasteiger partial charge in [0.2, 0.25) is 5.91 Å². The minimum absolute atomic E-state index is 0.0564. The summed E-state index contributed by atoms with van der Waals surface area (Å²) in [5.41, 5.74) is 2.52. The van der Waals surface area contributed by atoms with Crippen molar-refractivity contribution in [2.45, 2.75) is 43.0 Å². The number of halogens is 1. The molecule has 1 fully saturated rings. The molecule has 3 rings (SSSR count). The normalized spacial score (nSPS) is 15.8. The van der Waals surface area contributed by atoms with Gasteiger partial charge in [0.1, 0.15) is 0 Å². The first-order valence-electron chi connectivity index (χ1n) is 9.11. The summed E-state index contributed by atoms with van der Waals surface area (Å²) >= 11 is 7.46. The molecule has 138 valence electrons. The van der Waals surface area contributed by atoms with Crippen LogP contribution in [0.1, 0.15) is 30.9 Å². The van der Waals surface area contributed by atoms with Gasteiger partial charge in [-0.2, -0.15) is 0 Å². The van der Waals surface area contributed by atoms with Crippen molar-refractivity contribution in [3.05, 3.63) is 64.7 Å². The molecule has 2 aromatic carbocycles. The van der Waals surface area contributed by atoms with Crippen LogP contribution in [0.3, 0.4) is 0 Å². The van der Waals surface area contributed by atoms with Crippen molar-refractivity contribution in [1.29, 1.82) is 0 Å². The van der Waals surface area contributed by atoms with Gasteiger partial charge < -0.3 is 5.32 Å². The lowest BCUT2D eigenvalue weighted by Gasteiger charge is -2.18. The molecule has 1 N–H and O–H groups in total. The van der Waals surface area contributed by atoms with E-state index in [1.54, 1.807) is 11.8 Å². The topological polar surface area (TPSA) is 32.3 Å². The zero-order valence-corrected chi connectivity index (χ0v) is 16.7. The number of amides is 1. The number of nitrogens with one attached hydrogen (secondary N) is 1. The van der Waals surface area contributed by atoms with Gasteiger partial charge in [0, 0.05) is 23.0 Å². The number of carbonyl (C=O) groups excluding carboxylic acids is 1. The smallest absolute Gasteiger partial charge is 0.233 e. The van der Waals surface area contributed by atoms with Crippen LogP contribution in [-0.2, 0) is 17.9 Å². The molecule has 1 heterocycles. The molecule has 0 aliphatic carbocycles. The Hall–Kier alpha value is -1.49. The van der Waals surface area contributed by atoms with Crippen molar-refractivity contribution >= 4 is 29.3 Å². The number of likely N-dealkylation sites (tertiary alicyclic amines) is 1. The zero-order valence-electron chi connectivity index (χ0n) is 15.1. The summed E-state index contributed by atoms with van der Waals surface area (Å²) in [6, 6.07) is 16.0. The molecule has 26 heavy (non-hydrogen) atoms. The maximum Gasteiger partial charge on any atom is 0.233 e. The molecule has 0 radical (unpaired) electrons. The Labute approximate surface area is 165 Å². The first-order valence-corrected chi connectivity index (χ1v) is 10.4. The van der Waals surface area contributed by atoms with E-state index in [1.807, 2.05) is 37.3 Å². The molecule has 3 nitrogen and oxygen atoms in total. The Morgan fingerprint density at radius 1 is 1.12 bits per heavy atom. The molecular weight excluding hydrogens is 364 g/mol. The highest BCUT2D eigenvalue weighted by molar-refractivity contribution is 8.00. The van der Waals surface area contributed by atoms with Crippen LogP contribution in [0, 0.1) is 0 Å². The summed E-state index contributed by atoms with van der Waals surface area (Å²) < 4.78 is 0. The molecule has 1 saturated heterocycles. The minimum atomic E-state index is -0.151. The molecular formula is C21H25ClN2OS. The summed E-state index contributed by atoms with van der Waals surface area (Å²) in [4.78, 5) is 16.0. The fourth-order valence-electron chi connectivity index (χ4n) is 3.16. The van der Waals surface area contributed by atoms with Gasteiger partial charge in [-0.3, -0.25) is 9.69 Å². The predicted molar refractivity (Wildman–Crippen MR) is 110 cm³/mol. The number of hydrogen-bond acceptors (Lipinski definition) is 3. The highest BCUT2D eigenvalue weighted by Gasteiger charge is 2.16. The Morgan fingerprint density at radius 2 is 1.77 bits per heavy atom. The molecule has 5 heteroatoms. The van der Waals surface area contributed by atoms with Crippen LogP contribution < -0.4 is 5.32 Å². The van der Waals surface area contributed by atoms with E-state index in [0.717, 1.165) is 11.4 Å². The Balaban J connectivity index is 1.54. The average Bonchev–Trinajstić information content (AvgIpc) is 3.15. The molecule has 1 amide bonds. The fourth-order valence-corrected chi connectivity index (χ4v) is 4.18. The highest BCUT2D eigenvalue weighted by Crippen LogP contribution is 2.25. The van der Waals surface area contributed by atoms with Gasteiger partial charge in [0.25, 0.3) is 0 Å². The van der Waals surface area contributed by atoms with Gasteiger partial charge >= 0.3 is 0 Å². The third kappa shape index (κ3) is 5.50. The summed E-state index contributed by atoms with van der Waals surface area (Å²) in [5, 5.41) is 3.65. The molecule has 1 atom stereocenters. The number of thioether (sulfide) groups is 1. The van der Waals surface area contributed by atoms with E-state index >= 15 is 0 Å². The molecule has 0 bridgehead atoms. The monoisotopic (exact) mass is 388 g/mol. The van der Waals surface area contributed by atoms with Crippen LogP contribution in [0.4, 0.5) is 0 Å². The average molecular weight is 389 g/mol. The fraction of sp³-hybridized carbons (Fsp3) is 0.381. The molecule has 0 saturated carbocycles. The molecule has 1 aliphatic heterocycles. The van der Waals surface area contributed by atoms with Crippen molar-refractivity contribution in [2.24, 2.45) is 0 Å². The van der Waals surface area contributed by atoms with Crippen molar-refractivity contribution < 1.29 is 4.79 Å². The van der Waals surface area contributed by atoms with E-state index in [4.69, 9.17) is 11.6 Å². The van der Waals surface area contributed by atoms with Crippen LogP contribution in [0.5, 0.6) is 0 Å². The van der Waals surface area contributed by atoms with E-state index in [1.165, 1.54) is 37.1 Å². The maximum atomic E-state index is 12.5. The third-order valence-corrected chi connectivity index (χ3v) is 6.02. The standard InChI is InChI=1S/C21H25ClN2OS/c1-16(26-20-10-8-19(22)9-11-20)21(25)23-14-17-6-2-3-7-18(17)15-24-12-4-5-13-24/h2-3,6-11,16H,4-5,12-15H2,1H3,(H,23,25)/t16-/m0/s1. The largest absolute Gasteiger partial charge is 0.351 e. The molecule has 0 unspecified atom stereocenters. The van der Waals surface area contributed by atoms with Crippen LogP contribution >= 0.6 is 23.4 Å². The zero-order chi connectivity index (χ0) is 18.4. The van der Waals surface area contributed by atoms with Gasteiger partial charge in [-0.25, -0.2) is 0 Å². The number of hydrogen-bond donors (Lipinski definition) is 1. The summed E-state index contributed by atoms with van der Waals surface area (Å²) in [5.74, 6) is 0.0564. The highest BCUT2D eigenvalue weighted by atomic mass is 35.5. The van der Waals surface area contributed by atoms with Gasteiger partial charge in [-0.1, -0.05) is 35.9 Å². The summed E-state index contributed by atoms with van der Waals surface area (Å²) in [6.45, 7) is 5.84. The first-order chi connectivity index (χ1) is 12.6. The van der Waals surface area contributed by atoms with Gasteiger partial charge in [-0.15, -0.1) is 11.8 Å². The second kappa shape index (κ2) is 9.45. The lowest BCUT2D eigenvalue weighted by molar-refractivity contribution is -0.120. The second-order valence-corrected chi connectivity index (χ2v) is 8.53. The third-order valence-electron chi connectivity index (χ3n) is 4.66.